The Morgan fingerprint density at radius 2 is 1.77 bits per heavy atom. The van der Waals surface area contributed by atoms with Crippen LogP contribution in [0.5, 0.6) is 11.5 Å². The number of carbonyl (C=O) groups excluding carboxylic acids is 1. The summed E-state index contributed by atoms with van der Waals surface area (Å²) in [6.07, 6.45) is -1.23. The molecule has 2 heterocycles. The molecule has 0 bridgehead atoms. The van der Waals surface area contributed by atoms with Gasteiger partial charge in [0.05, 0.1) is 21.1 Å². The fraction of sp³-hybridized carbons (Fsp3) is 0.190. The maximum absolute atomic E-state index is 13.6. The molecule has 1 aliphatic carbocycles. The van der Waals surface area contributed by atoms with E-state index in [4.69, 9.17) is 33.0 Å². The number of benzene rings is 2. The molecule has 2 aliphatic rings. The monoisotopic (exact) mass is 524 g/mol. The highest BCUT2D eigenvalue weighted by Crippen LogP contribution is 2.58. The highest BCUT2D eigenvalue weighted by molar-refractivity contribution is 6.37. The summed E-state index contributed by atoms with van der Waals surface area (Å²) in [7, 11) is 0. The molecule has 180 valence electrons. The van der Waals surface area contributed by atoms with Gasteiger partial charge in [-0.25, -0.2) is 18.4 Å². The molecule has 0 radical (unpaired) electrons. The number of aromatic carboxylic acids is 1. The Bertz CT molecular complexity index is 1540. The van der Waals surface area contributed by atoms with Crippen LogP contribution in [0.2, 0.25) is 10.0 Å². The van der Waals surface area contributed by atoms with Gasteiger partial charge in [0, 0.05) is 18.5 Å². The Kier molecular flexibility index (Phi) is 5.00. The van der Waals surface area contributed by atoms with E-state index in [2.05, 4.69) is 10.4 Å². The van der Waals surface area contributed by atoms with Crippen LogP contribution in [0, 0.1) is 0 Å². The summed E-state index contributed by atoms with van der Waals surface area (Å²) in [6.45, 7) is 0. The number of ether oxygens (including phenoxy) is 1. The second kappa shape index (κ2) is 7.62. The van der Waals surface area contributed by atoms with Gasteiger partial charge in [0.1, 0.15) is 5.75 Å². The number of halogens is 4. The van der Waals surface area contributed by atoms with Crippen molar-refractivity contribution in [3.05, 3.63) is 72.5 Å². The van der Waals surface area contributed by atoms with E-state index in [9.17, 15) is 28.0 Å². The first-order valence-corrected chi connectivity index (χ1v) is 10.6. The van der Waals surface area contributed by atoms with Crippen LogP contribution in [0.1, 0.15) is 28.9 Å². The number of hydrogen-bond acceptors (Lipinski definition) is 6. The molecule has 1 fully saturated rings. The lowest BCUT2D eigenvalue weighted by atomic mass is 9.62. The summed E-state index contributed by atoms with van der Waals surface area (Å²) in [4.78, 5) is 49.1. The van der Waals surface area contributed by atoms with Gasteiger partial charge in [-0.05, 0) is 35.9 Å². The maximum Gasteiger partial charge on any atom is 0.362 e. The third-order valence-electron chi connectivity index (χ3n) is 5.79. The molecule has 14 heteroatoms. The smallest absolute Gasteiger partial charge is 0.362 e. The van der Waals surface area contributed by atoms with Gasteiger partial charge in [-0.2, -0.15) is 9.78 Å². The van der Waals surface area contributed by atoms with E-state index in [1.54, 1.807) is 0 Å². The quantitative estimate of drug-likeness (QED) is 0.474. The molecule has 1 saturated carbocycles. The highest BCUT2D eigenvalue weighted by atomic mass is 35.5. The summed E-state index contributed by atoms with van der Waals surface area (Å²) < 4.78 is 33.6. The van der Waals surface area contributed by atoms with E-state index >= 15 is 0 Å². The number of alkyl halides is 2. The van der Waals surface area contributed by atoms with Gasteiger partial charge in [0.15, 0.2) is 5.75 Å². The van der Waals surface area contributed by atoms with E-state index in [0.29, 0.717) is 15.9 Å². The fourth-order valence-electron chi connectivity index (χ4n) is 4.24. The number of anilines is 1. The van der Waals surface area contributed by atoms with Crippen LogP contribution in [0.3, 0.4) is 0 Å². The Hall–Kier alpha value is -3.77. The molecule has 0 atom stereocenters. The van der Waals surface area contributed by atoms with Crippen molar-refractivity contribution in [3.63, 3.8) is 0 Å². The molecular weight excluding hydrogens is 513 g/mol. The molecule has 2 aromatic carbocycles. The largest absolute Gasteiger partial charge is 0.476 e. The van der Waals surface area contributed by atoms with E-state index in [0.717, 1.165) is 0 Å². The van der Waals surface area contributed by atoms with Crippen molar-refractivity contribution >= 4 is 40.8 Å². The number of nitrogens with one attached hydrogen (secondary N) is 2. The zero-order valence-corrected chi connectivity index (χ0v) is 18.7. The third-order valence-corrected chi connectivity index (χ3v) is 6.35. The second-order valence-corrected chi connectivity index (χ2v) is 8.93. The van der Waals surface area contributed by atoms with Crippen molar-refractivity contribution < 1.29 is 28.2 Å². The molecule has 1 amide bonds. The van der Waals surface area contributed by atoms with Gasteiger partial charge in [-0.1, -0.05) is 23.2 Å². The second-order valence-electron chi connectivity index (χ2n) is 8.12. The Morgan fingerprint density at radius 1 is 1.11 bits per heavy atom. The Labute approximate surface area is 203 Å². The Balaban J connectivity index is 1.50. The van der Waals surface area contributed by atoms with Crippen LogP contribution in [-0.2, 0) is 10.2 Å². The topological polar surface area (TPSA) is 143 Å². The molecule has 5 rings (SSSR count). The standard InChI is InChI=1S/C21H12Cl2F2N4O6/c22-11-3-8(29-19(34)27-16(30)14(28-29)17(31)32)4-12(23)15(11)35-9-1-2-13-10(5-9)20(18(33)26-13)6-21(24,25)7-20/h1-5H,6-7H2,(H,26,33)(H,31,32)(H,27,30,34). The minimum absolute atomic E-state index is 0.0572. The van der Waals surface area contributed by atoms with E-state index in [-0.39, 0.29) is 27.2 Å². The number of carboxylic acid groups (broad SMARTS) is 1. The molecule has 10 nitrogen and oxygen atoms in total. The number of aromatic nitrogens is 3. The van der Waals surface area contributed by atoms with Crippen LogP contribution >= 0.6 is 23.2 Å². The number of carbonyl (C=O) groups is 2. The predicted octanol–water partition coefficient (Wildman–Crippen LogP) is 3.34. The average molecular weight is 525 g/mol. The van der Waals surface area contributed by atoms with Crippen molar-refractivity contribution in [1.29, 1.82) is 0 Å². The zero-order chi connectivity index (χ0) is 25.3. The normalized spacial score (nSPS) is 17.0. The molecule has 1 aromatic heterocycles. The first-order chi connectivity index (χ1) is 16.4. The average Bonchev–Trinajstić information content (AvgIpc) is 3.01. The lowest BCUT2D eigenvalue weighted by Gasteiger charge is -2.43. The van der Waals surface area contributed by atoms with E-state index in [1.807, 2.05) is 4.98 Å². The minimum atomic E-state index is -2.94. The van der Waals surface area contributed by atoms with Gasteiger partial charge >= 0.3 is 11.7 Å². The number of fused-ring (bicyclic) bond motifs is 2. The molecule has 0 saturated heterocycles. The molecule has 3 aromatic rings. The number of nitrogens with zero attached hydrogens (tertiary/aromatic N) is 2. The minimum Gasteiger partial charge on any atom is -0.476 e. The number of hydrogen-bond donors (Lipinski definition) is 3. The first-order valence-electron chi connectivity index (χ1n) is 9.88. The fourth-order valence-corrected chi connectivity index (χ4v) is 4.79. The maximum atomic E-state index is 13.6. The van der Waals surface area contributed by atoms with Gasteiger partial charge in [-0.3, -0.25) is 14.6 Å². The number of carboxylic acids is 1. The van der Waals surface area contributed by atoms with Crippen LogP contribution in [0.15, 0.2) is 39.9 Å². The summed E-state index contributed by atoms with van der Waals surface area (Å²) >= 11 is 12.6. The van der Waals surface area contributed by atoms with Crippen LogP contribution in [0.4, 0.5) is 14.5 Å². The summed E-state index contributed by atoms with van der Waals surface area (Å²) in [5.74, 6) is -4.98. The van der Waals surface area contributed by atoms with Gasteiger partial charge in [0.25, 0.3) is 11.5 Å². The number of rotatable bonds is 4. The van der Waals surface area contributed by atoms with Crippen LogP contribution in [-0.4, -0.2) is 37.7 Å². The molecule has 1 spiro atoms. The van der Waals surface area contributed by atoms with E-state index < -0.39 is 53.0 Å². The molecule has 3 N–H and O–H groups in total. The van der Waals surface area contributed by atoms with Gasteiger partial charge < -0.3 is 15.2 Å². The van der Waals surface area contributed by atoms with Gasteiger partial charge in [0.2, 0.25) is 11.6 Å². The number of aromatic amines is 1. The van der Waals surface area contributed by atoms with Crippen LogP contribution < -0.4 is 21.3 Å². The lowest BCUT2D eigenvalue weighted by Crippen LogP contribution is -2.53. The first kappa shape index (κ1) is 23.0. The molecule has 1 aliphatic heterocycles. The number of amides is 1. The van der Waals surface area contributed by atoms with Crippen molar-refractivity contribution in [3.8, 4) is 17.2 Å². The van der Waals surface area contributed by atoms with E-state index in [1.165, 1.54) is 30.3 Å². The number of H-pyrrole nitrogens is 1. The Morgan fingerprint density at radius 3 is 2.37 bits per heavy atom. The summed E-state index contributed by atoms with van der Waals surface area (Å²) in [6, 6.07) is 6.86. The van der Waals surface area contributed by atoms with Crippen LogP contribution in [0.25, 0.3) is 5.69 Å². The molecule has 0 unspecified atom stereocenters. The van der Waals surface area contributed by atoms with Crippen molar-refractivity contribution in [2.75, 3.05) is 5.32 Å². The lowest BCUT2D eigenvalue weighted by molar-refractivity contribution is -0.152. The summed E-state index contributed by atoms with van der Waals surface area (Å²) in [5, 5.41) is 15.0. The molecule has 35 heavy (non-hydrogen) atoms. The third kappa shape index (κ3) is 3.65. The highest BCUT2D eigenvalue weighted by Gasteiger charge is 2.64. The summed E-state index contributed by atoms with van der Waals surface area (Å²) in [5.41, 5.74) is -3.75. The molecular formula is C21H12Cl2F2N4O6. The van der Waals surface area contributed by atoms with Gasteiger partial charge in [-0.15, -0.1) is 0 Å². The predicted molar refractivity (Wildman–Crippen MR) is 118 cm³/mol. The van der Waals surface area contributed by atoms with Crippen molar-refractivity contribution in [2.45, 2.75) is 24.2 Å². The SMILES string of the molecule is O=C(O)c1nn(-c2cc(Cl)c(Oc3ccc4c(c3)C3(CC(F)(F)C3)C(=O)N4)c(Cl)c2)c(=O)[nH]c1=O. The zero-order valence-electron chi connectivity index (χ0n) is 17.2. The van der Waals surface area contributed by atoms with Crippen molar-refractivity contribution in [1.82, 2.24) is 14.8 Å². The van der Waals surface area contributed by atoms with Crippen molar-refractivity contribution in [2.24, 2.45) is 0 Å².